The Bertz CT molecular complexity index is 424. The van der Waals surface area contributed by atoms with Gasteiger partial charge in [0, 0.05) is 38.9 Å². The predicted molar refractivity (Wildman–Crippen MR) is 124 cm³/mol. The zero-order valence-electron chi connectivity index (χ0n) is 19.7. The fourth-order valence-electron chi connectivity index (χ4n) is 2.21. The Morgan fingerprint density at radius 1 is 0.900 bits per heavy atom. The van der Waals surface area contributed by atoms with Crippen LogP contribution in [0.1, 0.15) is 60.3 Å². The molecule has 0 bridgehead atoms. The molecule has 2 N–H and O–H groups in total. The summed E-state index contributed by atoms with van der Waals surface area (Å²) in [5.41, 5.74) is 0. The van der Waals surface area contributed by atoms with Crippen LogP contribution in [-0.4, -0.2) is 69.1 Å². The maximum atomic E-state index is 11.6. The summed E-state index contributed by atoms with van der Waals surface area (Å²) >= 11 is 1.73. The fourth-order valence-corrected chi connectivity index (χ4v) is 3.07. The number of thioether (sulfide) groups is 1. The summed E-state index contributed by atoms with van der Waals surface area (Å²) in [6.45, 7) is 13.6. The van der Waals surface area contributed by atoms with Crippen LogP contribution >= 0.6 is 11.8 Å². The van der Waals surface area contributed by atoms with Crippen LogP contribution in [0.5, 0.6) is 0 Å². The SMILES string of the molecule is CCC(C)COCC(COCC(C)CC)OCCCSCCC(=O)NCNC(C)=O. The lowest BCUT2D eigenvalue weighted by atomic mass is 10.1. The molecule has 0 rings (SSSR count). The van der Waals surface area contributed by atoms with E-state index in [0.717, 1.165) is 44.0 Å². The first-order valence-electron chi connectivity index (χ1n) is 11.2. The van der Waals surface area contributed by atoms with E-state index in [1.54, 1.807) is 11.8 Å². The molecule has 0 spiro atoms. The number of nitrogens with one attached hydrogen (secondary N) is 2. The zero-order chi connectivity index (χ0) is 22.6. The quantitative estimate of drug-likeness (QED) is 0.220. The smallest absolute Gasteiger partial charge is 0.222 e. The number of hydrogen-bond acceptors (Lipinski definition) is 6. The minimum atomic E-state index is -0.154. The highest BCUT2D eigenvalue weighted by Crippen LogP contribution is 2.08. The highest BCUT2D eigenvalue weighted by atomic mass is 32.2. The van der Waals surface area contributed by atoms with Gasteiger partial charge in [0.1, 0.15) is 6.10 Å². The lowest BCUT2D eigenvalue weighted by molar-refractivity contribution is -0.121. The van der Waals surface area contributed by atoms with Gasteiger partial charge in [0.05, 0.1) is 19.9 Å². The van der Waals surface area contributed by atoms with E-state index in [2.05, 4.69) is 38.3 Å². The third-order valence-corrected chi connectivity index (χ3v) is 5.76. The molecule has 0 aromatic carbocycles. The van der Waals surface area contributed by atoms with E-state index in [-0.39, 0.29) is 24.6 Å². The van der Waals surface area contributed by atoms with Crippen LogP contribution in [0, 0.1) is 11.8 Å². The first-order valence-corrected chi connectivity index (χ1v) is 12.4. The van der Waals surface area contributed by atoms with E-state index in [0.29, 0.717) is 38.1 Å². The number of carbonyl (C=O) groups excluding carboxylic acids is 2. The molecular formula is C22H44N2O5S. The monoisotopic (exact) mass is 448 g/mol. The van der Waals surface area contributed by atoms with Crippen LogP contribution < -0.4 is 10.6 Å². The highest BCUT2D eigenvalue weighted by molar-refractivity contribution is 7.99. The third-order valence-electron chi connectivity index (χ3n) is 4.69. The zero-order valence-corrected chi connectivity index (χ0v) is 20.5. The summed E-state index contributed by atoms with van der Waals surface area (Å²) < 4.78 is 17.6. The number of ether oxygens (including phenoxy) is 3. The van der Waals surface area contributed by atoms with Crippen LogP contribution in [0.15, 0.2) is 0 Å². The van der Waals surface area contributed by atoms with Gasteiger partial charge in [-0.2, -0.15) is 11.8 Å². The summed E-state index contributed by atoms with van der Waals surface area (Å²) in [7, 11) is 0. The molecule has 0 aromatic heterocycles. The van der Waals surface area contributed by atoms with Gasteiger partial charge in [-0.3, -0.25) is 9.59 Å². The molecule has 0 saturated heterocycles. The molecule has 0 aliphatic carbocycles. The minimum absolute atomic E-state index is 0.0392. The van der Waals surface area contributed by atoms with Crippen molar-refractivity contribution in [2.24, 2.45) is 11.8 Å². The van der Waals surface area contributed by atoms with E-state index in [9.17, 15) is 9.59 Å². The lowest BCUT2D eigenvalue weighted by Gasteiger charge is -2.20. The van der Waals surface area contributed by atoms with Crippen molar-refractivity contribution in [2.45, 2.75) is 66.4 Å². The Labute approximate surface area is 187 Å². The van der Waals surface area contributed by atoms with Gasteiger partial charge >= 0.3 is 0 Å². The maximum absolute atomic E-state index is 11.6. The third kappa shape index (κ3) is 19.2. The molecule has 2 amide bonds. The Morgan fingerprint density at radius 3 is 2.03 bits per heavy atom. The summed E-state index contributed by atoms with van der Waals surface area (Å²) in [4.78, 5) is 22.4. The van der Waals surface area contributed by atoms with Gasteiger partial charge in [0.2, 0.25) is 11.8 Å². The molecule has 0 aliphatic rings. The van der Waals surface area contributed by atoms with Crippen molar-refractivity contribution in [2.75, 3.05) is 51.2 Å². The van der Waals surface area contributed by atoms with Gasteiger partial charge < -0.3 is 24.8 Å². The van der Waals surface area contributed by atoms with Crippen molar-refractivity contribution in [1.82, 2.24) is 10.6 Å². The largest absolute Gasteiger partial charge is 0.378 e. The summed E-state index contributed by atoms with van der Waals surface area (Å²) in [5, 5.41) is 5.20. The lowest BCUT2D eigenvalue weighted by Crippen LogP contribution is -2.36. The highest BCUT2D eigenvalue weighted by Gasteiger charge is 2.12. The van der Waals surface area contributed by atoms with E-state index >= 15 is 0 Å². The van der Waals surface area contributed by atoms with Crippen LogP contribution in [0.3, 0.4) is 0 Å². The topological polar surface area (TPSA) is 85.9 Å². The van der Waals surface area contributed by atoms with Crippen molar-refractivity contribution < 1.29 is 23.8 Å². The van der Waals surface area contributed by atoms with Crippen LogP contribution in [0.2, 0.25) is 0 Å². The van der Waals surface area contributed by atoms with Gasteiger partial charge in [0.15, 0.2) is 0 Å². The van der Waals surface area contributed by atoms with Gasteiger partial charge in [-0.1, -0.05) is 40.5 Å². The van der Waals surface area contributed by atoms with E-state index in [1.165, 1.54) is 6.92 Å². The Hall–Kier alpha value is -0.830. The molecule has 0 fully saturated rings. The molecule has 8 heteroatoms. The van der Waals surface area contributed by atoms with Gasteiger partial charge in [0.25, 0.3) is 0 Å². The second-order valence-electron chi connectivity index (χ2n) is 7.82. The molecule has 2 atom stereocenters. The van der Waals surface area contributed by atoms with Crippen LogP contribution in [-0.2, 0) is 23.8 Å². The Balaban J connectivity index is 3.90. The fraction of sp³-hybridized carbons (Fsp3) is 0.909. The molecular weight excluding hydrogens is 404 g/mol. The van der Waals surface area contributed by atoms with Crippen LogP contribution in [0.25, 0.3) is 0 Å². The second kappa shape index (κ2) is 20.1. The van der Waals surface area contributed by atoms with Crippen molar-refractivity contribution in [3.05, 3.63) is 0 Å². The summed E-state index contributed by atoms with van der Waals surface area (Å²) in [6, 6.07) is 0. The Kier molecular flexibility index (Phi) is 19.5. The Morgan fingerprint density at radius 2 is 1.50 bits per heavy atom. The van der Waals surface area contributed by atoms with E-state index in [4.69, 9.17) is 14.2 Å². The molecule has 7 nitrogen and oxygen atoms in total. The first kappa shape index (κ1) is 29.2. The minimum Gasteiger partial charge on any atom is -0.378 e. The predicted octanol–water partition coefficient (Wildman–Crippen LogP) is 3.22. The van der Waals surface area contributed by atoms with Gasteiger partial charge in [-0.05, 0) is 24.0 Å². The molecule has 0 saturated carbocycles. The van der Waals surface area contributed by atoms with Gasteiger partial charge in [-0.15, -0.1) is 0 Å². The first-order chi connectivity index (χ1) is 14.4. The normalized spacial score (nSPS) is 14.2. The number of hydrogen-bond donors (Lipinski definition) is 2. The standard InChI is InChI=1S/C22H44N2O5S/c1-6-18(3)13-27-15-21(16-28-14-19(4)7-2)29-10-8-11-30-12-9-22(26)24-17-23-20(5)25/h18-19,21H,6-17H2,1-5H3,(H,23,25)(H,24,26). The number of rotatable bonds is 20. The summed E-state index contributed by atoms with van der Waals surface area (Å²) in [5.74, 6) is 2.60. The van der Waals surface area contributed by atoms with Crippen LogP contribution in [0.4, 0.5) is 0 Å². The van der Waals surface area contributed by atoms with Crippen molar-refractivity contribution in [1.29, 1.82) is 0 Å². The van der Waals surface area contributed by atoms with E-state index in [1.807, 2.05) is 0 Å². The van der Waals surface area contributed by atoms with E-state index < -0.39 is 0 Å². The summed E-state index contributed by atoms with van der Waals surface area (Å²) in [6.07, 6.45) is 3.55. The molecule has 30 heavy (non-hydrogen) atoms. The molecule has 2 unspecified atom stereocenters. The molecule has 0 aromatic rings. The number of amides is 2. The van der Waals surface area contributed by atoms with Gasteiger partial charge in [-0.25, -0.2) is 0 Å². The molecule has 0 aliphatic heterocycles. The molecule has 0 radical (unpaired) electrons. The number of carbonyl (C=O) groups is 2. The molecule has 178 valence electrons. The maximum Gasteiger partial charge on any atom is 0.222 e. The average molecular weight is 449 g/mol. The van der Waals surface area contributed by atoms with Crippen molar-refractivity contribution >= 4 is 23.6 Å². The van der Waals surface area contributed by atoms with Crippen molar-refractivity contribution in [3.8, 4) is 0 Å². The van der Waals surface area contributed by atoms with Crippen molar-refractivity contribution in [3.63, 3.8) is 0 Å². The molecule has 0 heterocycles. The second-order valence-corrected chi connectivity index (χ2v) is 9.04. The average Bonchev–Trinajstić information content (AvgIpc) is 2.71.